The highest BCUT2D eigenvalue weighted by atomic mass is 16.5. The quantitative estimate of drug-likeness (QED) is 0.741. The molecule has 1 amide bonds. The molecule has 1 saturated heterocycles. The molecular weight excluding hydrogens is 232 g/mol. The van der Waals surface area contributed by atoms with Crippen LogP contribution in [0.25, 0.3) is 0 Å². The van der Waals surface area contributed by atoms with Crippen molar-refractivity contribution in [2.75, 3.05) is 20.3 Å². The van der Waals surface area contributed by atoms with Crippen molar-refractivity contribution in [1.82, 2.24) is 5.32 Å². The first kappa shape index (κ1) is 13.8. The molecule has 18 heavy (non-hydrogen) atoms. The highest BCUT2D eigenvalue weighted by Gasteiger charge is 2.50. The van der Waals surface area contributed by atoms with Crippen LogP contribution < -0.4 is 11.1 Å². The van der Waals surface area contributed by atoms with Crippen molar-refractivity contribution < 1.29 is 14.3 Å². The zero-order valence-electron chi connectivity index (χ0n) is 11.2. The van der Waals surface area contributed by atoms with Gasteiger partial charge in [0.2, 0.25) is 5.91 Å². The number of ether oxygens (including phenoxy) is 2. The summed E-state index contributed by atoms with van der Waals surface area (Å²) in [6.07, 6.45) is 2.82. The van der Waals surface area contributed by atoms with E-state index in [-0.39, 0.29) is 30.0 Å². The van der Waals surface area contributed by atoms with Crippen molar-refractivity contribution >= 4 is 5.91 Å². The molecule has 5 unspecified atom stereocenters. The number of hydrogen-bond donors (Lipinski definition) is 2. The van der Waals surface area contributed by atoms with Gasteiger partial charge in [0.05, 0.1) is 12.1 Å². The summed E-state index contributed by atoms with van der Waals surface area (Å²) >= 11 is 0. The summed E-state index contributed by atoms with van der Waals surface area (Å²) in [6, 6.07) is 0.0505. The van der Waals surface area contributed by atoms with Crippen molar-refractivity contribution in [3.05, 3.63) is 0 Å². The Balaban J connectivity index is 1.77. The van der Waals surface area contributed by atoms with Gasteiger partial charge >= 0.3 is 0 Å². The summed E-state index contributed by atoms with van der Waals surface area (Å²) in [7, 11) is 1.65. The number of fused-ring (bicyclic) bond motifs is 1. The minimum Gasteiger partial charge on any atom is -0.384 e. The Morgan fingerprint density at radius 2 is 2.39 bits per heavy atom. The van der Waals surface area contributed by atoms with Crippen molar-refractivity contribution in [3.63, 3.8) is 0 Å². The zero-order valence-corrected chi connectivity index (χ0v) is 11.2. The van der Waals surface area contributed by atoms with Crippen molar-refractivity contribution in [2.24, 2.45) is 17.6 Å². The van der Waals surface area contributed by atoms with Crippen LogP contribution in [-0.2, 0) is 14.3 Å². The molecule has 2 rings (SSSR count). The van der Waals surface area contributed by atoms with Gasteiger partial charge in [0.1, 0.15) is 0 Å². The van der Waals surface area contributed by atoms with Crippen molar-refractivity contribution in [3.8, 4) is 0 Å². The molecule has 1 aliphatic carbocycles. The highest BCUT2D eigenvalue weighted by molar-refractivity contribution is 5.76. The minimum absolute atomic E-state index is 0.00227. The SMILES string of the molecule is COCC(C)CC(=O)NC1C(N)C2CCCOC21. The van der Waals surface area contributed by atoms with E-state index in [0.29, 0.717) is 18.9 Å². The third-order valence-electron chi connectivity index (χ3n) is 3.99. The third-order valence-corrected chi connectivity index (χ3v) is 3.99. The molecule has 0 spiro atoms. The molecule has 1 saturated carbocycles. The van der Waals surface area contributed by atoms with E-state index in [4.69, 9.17) is 15.2 Å². The molecule has 104 valence electrons. The topological polar surface area (TPSA) is 73.6 Å². The van der Waals surface area contributed by atoms with Gasteiger partial charge in [0, 0.05) is 38.7 Å². The second-order valence-electron chi connectivity index (χ2n) is 5.58. The molecule has 5 atom stereocenters. The maximum absolute atomic E-state index is 11.9. The first-order chi connectivity index (χ1) is 8.63. The van der Waals surface area contributed by atoms with E-state index < -0.39 is 0 Å². The Kier molecular flexibility index (Phi) is 4.59. The maximum Gasteiger partial charge on any atom is 0.220 e. The van der Waals surface area contributed by atoms with Gasteiger partial charge in [0.25, 0.3) is 0 Å². The van der Waals surface area contributed by atoms with E-state index >= 15 is 0 Å². The monoisotopic (exact) mass is 256 g/mol. The van der Waals surface area contributed by atoms with Gasteiger partial charge < -0.3 is 20.5 Å². The van der Waals surface area contributed by atoms with Crippen LogP contribution >= 0.6 is 0 Å². The predicted molar refractivity (Wildman–Crippen MR) is 68.0 cm³/mol. The number of methoxy groups -OCH3 is 1. The Labute approximate surface area is 108 Å². The average Bonchev–Trinajstić information content (AvgIpc) is 2.36. The molecule has 1 heterocycles. The first-order valence-electron chi connectivity index (χ1n) is 6.79. The van der Waals surface area contributed by atoms with Crippen molar-refractivity contribution in [1.29, 1.82) is 0 Å². The van der Waals surface area contributed by atoms with Crippen LogP contribution in [0.3, 0.4) is 0 Å². The number of hydrogen-bond acceptors (Lipinski definition) is 4. The number of nitrogens with two attached hydrogens (primary N) is 1. The van der Waals surface area contributed by atoms with Crippen LogP contribution in [0, 0.1) is 11.8 Å². The van der Waals surface area contributed by atoms with Crippen LogP contribution in [0.4, 0.5) is 0 Å². The lowest BCUT2D eigenvalue weighted by atomic mass is 9.68. The molecule has 0 radical (unpaired) electrons. The summed E-state index contributed by atoms with van der Waals surface area (Å²) in [6.45, 7) is 3.40. The van der Waals surface area contributed by atoms with E-state index in [1.807, 2.05) is 6.92 Å². The number of carbonyl (C=O) groups excluding carboxylic acids is 1. The Bertz CT molecular complexity index is 298. The molecule has 2 fully saturated rings. The number of amides is 1. The fourth-order valence-corrected chi connectivity index (χ4v) is 3.03. The molecule has 3 N–H and O–H groups in total. The third kappa shape index (κ3) is 2.84. The van der Waals surface area contributed by atoms with Crippen LogP contribution in [0.15, 0.2) is 0 Å². The summed E-state index contributed by atoms with van der Waals surface area (Å²) in [5, 5.41) is 3.01. The van der Waals surface area contributed by atoms with Gasteiger partial charge in [-0.25, -0.2) is 0 Å². The fourth-order valence-electron chi connectivity index (χ4n) is 3.03. The van der Waals surface area contributed by atoms with Gasteiger partial charge in [0.15, 0.2) is 0 Å². The summed E-state index contributed by atoms with van der Waals surface area (Å²) < 4.78 is 10.7. The van der Waals surface area contributed by atoms with Crippen LogP contribution in [-0.4, -0.2) is 44.4 Å². The molecule has 5 nitrogen and oxygen atoms in total. The Morgan fingerprint density at radius 3 is 3.11 bits per heavy atom. The smallest absolute Gasteiger partial charge is 0.220 e. The highest BCUT2D eigenvalue weighted by Crippen LogP contribution is 2.36. The summed E-state index contributed by atoms with van der Waals surface area (Å²) in [5.74, 6) is 0.711. The molecule has 0 bridgehead atoms. The van der Waals surface area contributed by atoms with Crippen LogP contribution in [0.1, 0.15) is 26.2 Å². The lowest BCUT2D eigenvalue weighted by molar-refractivity contribution is -0.140. The van der Waals surface area contributed by atoms with E-state index in [9.17, 15) is 4.79 Å². The Morgan fingerprint density at radius 1 is 1.61 bits per heavy atom. The molecule has 2 aliphatic rings. The standard InChI is InChI=1S/C13H24N2O3/c1-8(7-17-2)6-10(16)15-12-11(14)9-4-3-5-18-13(9)12/h8-9,11-13H,3-7,14H2,1-2H3,(H,15,16). The fraction of sp³-hybridized carbons (Fsp3) is 0.923. The van der Waals surface area contributed by atoms with Crippen LogP contribution in [0.5, 0.6) is 0 Å². The number of nitrogens with one attached hydrogen (secondary N) is 1. The van der Waals surface area contributed by atoms with E-state index in [2.05, 4.69) is 5.32 Å². The lowest BCUT2D eigenvalue weighted by Crippen LogP contribution is -2.72. The van der Waals surface area contributed by atoms with Gasteiger partial charge in [-0.1, -0.05) is 6.92 Å². The molecule has 5 heteroatoms. The second kappa shape index (κ2) is 5.99. The lowest BCUT2D eigenvalue weighted by Gasteiger charge is -2.52. The second-order valence-corrected chi connectivity index (χ2v) is 5.58. The predicted octanol–water partition coefficient (Wildman–Crippen LogP) is 0.280. The molecule has 1 aliphatic heterocycles. The van der Waals surface area contributed by atoms with E-state index in [1.165, 1.54) is 0 Å². The van der Waals surface area contributed by atoms with E-state index in [0.717, 1.165) is 19.4 Å². The molecule has 0 aromatic rings. The van der Waals surface area contributed by atoms with E-state index in [1.54, 1.807) is 7.11 Å². The normalized spacial score (nSPS) is 36.4. The van der Waals surface area contributed by atoms with Crippen molar-refractivity contribution in [2.45, 2.75) is 44.4 Å². The minimum atomic E-state index is -0.00227. The number of carbonyl (C=O) groups is 1. The molecular formula is C13H24N2O3. The first-order valence-corrected chi connectivity index (χ1v) is 6.79. The summed E-state index contributed by atoms with van der Waals surface area (Å²) in [5.41, 5.74) is 6.10. The van der Waals surface area contributed by atoms with Gasteiger partial charge in [-0.3, -0.25) is 4.79 Å². The maximum atomic E-state index is 11.9. The number of rotatable bonds is 5. The molecule has 0 aromatic heterocycles. The summed E-state index contributed by atoms with van der Waals surface area (Å²) in [4.78, 5) is 11.9. The van der Waals surface area contributed by atoms with Gasteiger partial charge in [-0.15, -0.1) is 0 Å². The zero-order chi connectivity index (χ0) is 13.1. The van der Waals surface area contributed by atoms with Gasteiger partial charge in [-0.05, 0) is 18.8 Å². The molecule has 0 aromatic carbocycles. The Hall–Kier alpha value is -0.650. The van der Waals surface area contributed by atoms with Gasteiger partial charge in [-0.2, -0.15) is 0 Å². The average molecular weight is 256 g/mol. The van der Waals surface area contributed by atoms with Crippen LogP contribution in [0.2, 0.25) is 0 Å². The largest absolute Gasteiger partial charge is 0.384 e.